The molecule has 32 heavy (non-hydrogen) atoms. The number of amides is 1. The van der Waals surface area contributed by atoms with Gasteiger partial charge in [-0.3, -0.25) is 9.78 Å². The molecule has 0 aliphatic carbocycles. The highest BCUT2D eigenvalue weighted by atomic mass is 35.5. The van der Waals surface area contributed by atoms with Gasteiger partial charge >= 0.3 is 0 Å². The Kier molecular flexibility index (Phi) is 5.36. The molecule has 2 aromatic heterocycles. The molecule has 1 aliphatic heterocycles. The van der Waals surface area contributed by atoms with E-state index in [1.165, 1.54) is 22.3 Å². The Morgan fingerprint density at radius 2 is 2.03 bits per heavy atom. The Morgan fingerprint density at radius 1 is 1.16 bits per heavy atom. The largest absolute Gasteiger partial charge is 0.479 e. The van der Waals surface area contributed by atoms with Crippen LogP contribution in [0.2, 0.25) is 5.02 Å². The molecule has 1 unspecified atom stereocenters. The smallest absolute Gasteiger partial charge is 0.268 e. The van der Waals surface area contributed by atoms with Crippen molar-refractivity contribution in [3.05, 3.63) is 82.6 Å². The van der Waals surface area contributed by atoms with Crippen molar-refractivity contribution in [2.75, 3.05) is 4.90 Å². The fraction of sp³-hybridized carbons (Fsp3) is 0.125. The van der Waals surface area contributed by atoms with E-state index < -0.39 is 11.9 Å². The lowest BCUT2D eigenvalue weighted by atomic mass is 10.1. The molecule has 1 atom stereocenters. The number of pyridine rings is 1. The number of anilines is 1. The normalized spacial score (nSPS) is 15.4. The first-order valence-corrected chi connectivity index (χ1v) is 11.2. The van der Waals surface area contributed by atoms with E-state index in [-0.39, 0.29) is 23.0 Å². The quantitative estimate of drug-likeness (QED) is 0.372. The molecular formula is C24H17ClFN3O2S. The van der Waals surface area contributed by atoms with Crippen molar-refractivity contribution < 1.29 is 13.9 Å². The van der Waals surface area contributed by atoms with Crippen LogP contribution in [0.3, 0.4) is 0 Å². The third-order valence-electron chi connectivity index (χ3n) is 5.23. The zero-order valence-electron chi connectivity index (χ0n) is 17.0. The first-order chi connectivity index (χ1) is 15.5. The summed E-state index contributed by atoms with van der Waals surface area (Å²) in [5, 5.41) is 3.02. The molecule has 3 heterocycles. The molecule has 0 saturated heterocycles. The molecule has 5 rings (SSSR count). The van der Waals surface area contributed by atoms with E-state index in [9.17, 15) is 9.18 Å². The monoisotopic (exact) mass is 465 g/mol. The summed E-state index contributed by atoms with van der Waals surface area (Å²) in [7, 11) is 0. The number of benzene rings is 2. The molecule has 160 valence electrons. The van der Waals surface area contributed by atoms with Gasteiger partial charge in [-0.15, -0.1) is 11.3 Å². The molecule has 0 saturated carbocycles. The third kappa shape index (κ3) is 3.74. The van der Waals surface area contributed by atoms with Gasteiger partial charge in [-0.25, -0.2) is 9.37 Å². The van der Waals surface area contributed by atoms with Gasteiger partial charge in [-0.05, 0) is 49.4 Å². The lowest BCUT2D eigenvalue weighted by Gasteiger charge is -2.33. The number of thiazole rings is 1. The molecule has 0 spiro atoms. The van der Waals surface area contributed by atoms with Crippen LogP contribution in [0.5, 0.6) is 5.75 Å². The summed E-state index contributed by atoms with van der Waals surface area (Å²) in [5.74, 6) is -0.170. The average molecular weight is 466 g/mol. The summed E-state index contributed by atoms with van der Waals surface area (Å²) in [4.78, 5) is 23.5. The van der Waals surface area contributed by atoms with Gasteiger partial charge in [-0.2, -0.15) is 0 Å². The van der Waals surface area contributed by atoms with Gasteiger partial charge in [0.05, 0.1) is 23.6 Å². The van der Waals surface area contributed by atoms with E-state index in [1.54, 1.807) is 25.3 Å². The van der Waals surface area contributed by atoms with Crippen LogP contribution in [-0.4, -0.2) is 22.0 Å². The number of fused-ring (bicyclic) bond motifs is 1. The Labute approximate surface area is 193 Å². The molecule has 1 aliphatic rings. The van der Waals surface area contributed by atoms with Crippen LogP contribution in [0, 0.1) is 5.82 Å². The fourth-order valence-electron chi connectivity index (χ4n) is 3.58. The molecule has 5 nitrogen and oxygen atoms in total. The summed E-state index contributed by atoms with van der Waals surface area (Å²) >= 11 is 7.72. The van der Waals surface area contributed by atoms with Crippen LogP contribution in [0.4, 0.5) is 10.1 Å². The summed E-state index contributed by atoms with van der Waals surface area (Å²) in [6.45, 7) is 1.68. The van der Waals surface area contributed by atoms with Crippen LogP contribution in [0.25, 0.3) is 22.0 Å². The van der Waals surface area contributed by atoms with Crippen molar-refractivity contribution in [1.82, 2.24) is 9.97 Å². The maximum absolute atomic E-state index is 14.4. The van der Waals surface area contributed by atoms with Crippen LogP contribution in [-0.2, 0) is 11.3 Å². The molecular weight excluding hydrogens is 449 g/mol. The van der Waals surface area contributed by atoms with E-state index in [1.807, 2.05) is 41.8 Å². The molecule has 0 fully saturated rings. The topological polar surface area (TPSA) is 55.3 Å². The van der Waals surface area contributed by atoms with Crippen molar-refractivity contribution in [2.45, 2.75) is 19.6 Å². The number of carbonyl (C=O) groups is 1. The summed E-state index contributed by atoms with van der Waals surface area (Å²) in [5.41, 5.74) is 3.19. The molecule has 8 heteroatoms. The average Bonchev–Trinajstić information content (AvgIpc) is 3.29. The predicted octanol–water partition coefficient (Wildman–Crippen LogP) is 5.98. The number of carbonyl (C=O) groups excluding carboxylic acids is 1. The number of aromatic nitrogens is 2. The SMILES string of the molecule is CC1Oc2ccc(-c3csc(-c4ccccn4)n3)cc2N(Cc2c(F)cccc2Cl)C1=O. The van der Waals surface area contributed by atoms with Gasteiger partial charge in [0.15, 0.2) is 6.10 Å². The van der Waals surface area contributed by atoms with Gasteiger partial charge in [0.25, 0.3) is 5.91 Å². The molecule has 0 bridgehead atoms. The zero-order valence-corrected chi connectivity index (χ0v) is 18.5. The van der Waals surface area contributed by atoms with E-state index >= 15 is 0 Å². The summed E-state index contributed by atoms with van der Waals surface area (Å²) in [6.07, 6.45) is 1.04. The van der Waals surface area contributed by atoms with E-state index in [2.05, 4.69) is 4.98 Å². The Bertz CT molecular complexity index is 1290. The Hall–Kier alpha value is -3.29. The zero-order chi connectivity index (χ0) is 22.2. The van der Waals surface area contributed by atoms with Crippen molar-refractivity contribution >= 4 is 34.5 Å². The van der Waals surface area contributed by atoms with Crippen molar-refractivity contribution in [2.24, 2.45) is 0 Å². The minimum atomic E-state index is -0.686. The van der Waals surface area contributed by atoms with Gasteiger partial charge in [0.1, 0.15) is 16.6 Å². The number of hydrogen-bond acceptors (Lipinski definition) is 5. The van der Waals surface area contributed by atoms with Crippen molar-refractivity contribution in [3.63, 3.8) is 0 Å². The Balaban J connectivity index is 1.54. The van der Waals surface area contributed by atoms with Crippen LogP contribution >= 0.6 is 22.9 Å². The number of nitrogens with zero attached hydrogens (tertiary/aromatic N) is 3. The highest BCUT2D eigenvalue weighted by Gasteiger charge is 2.33. The lowest BCUT2D eigenvalue weighted by molar-refractivity contribution is -0.125. The van der Waals surface area contributed by atoms with Gasteiger partial charge in [0, 0.05) is 27.7 Å². The van der Waals surface area contributed by atoms with Gasteiger partial charge < -0.3 is 9.64 Å². The summed E-state index contributed by atoms with van der Waals surface area (Å²) in [6, 6.07) is 15.7. The fourth-order valence-corrected chi connectivity index (χ4v) is 4.61. The number of hydrogen-bond donors (Lipinski definition) is 0. The first kappa shape index (κ1) is 20.6. The summed E-state index contributed by atoms with van der Waals surface area (Å²) < 4.78 is 20.2. The third-order valence-corrected chi connectivity index (χ3v) is 6.45. The van der Waals surface area contributed by atoms with Crippen LogP contribution < -0.4 is 9.64 Å². The van der Waals surface area contributed by atoms with E-state index in [0.29, 0.717) is 11.4 Å². The highest BCUT2D eigenvalue weighted by molar-refractivity contribution is 7.13. The lowest BCUT2D eigenvalue weighted by Crippen LogP contribution is -2.44. The minimum Gasteiger partial charge on any atom is -0.479 e. The molecule has 0 N–H and O–H groups in total. The van der Waals surface area contributed by atoms with E-state index in [4.69, 9.17) is 21.3 Å². The maximum Gasteiger partial charge on any atom is 0.268 e. The number of halogens is 2. The van der Waals surface area contributed by atoms with Crippen LogP contribution in [0.1, 0.15) is 12.5 Å². The van der Waals surface area contributed by atoms with E-state index in [0.717, 1.165) is 22.0 Å². The number of rotatable bonds is 4. The molecule has 0 radical (unpaired) electrons. The molecule has 4 aromatic rings. The van der Waals surface area contributed by atoms with Crippen molar-refractivity contribution in [1.29, 1.82) is 0 Å². The van der Waals surface area contributed by atoms with Gasteiger partial charge in [0.2, 0.25) is 0 Å². The number of ether oxygens (including phenoxy) is 1. The van der Waals surface area contributed by atoms with Crippen molar-refractivity contribution in [3.8, 4) is 27.7 Å². The minimum absolute atomic E-state index is 0.00471. The van der Waals surface area contributed by atoms with Gasteiger partial charge in [-0.1, -0.05) is 23.7 Å². The highest BCUT2D eigenvalue weighted by Crippen LogP contribution is 2.39. The maximum atomic E-state index is 14.4. The molecule has 1 amide bonds. The first-order valence-electron chi connectivity index (χ1n) is 9.93. The second-order valence-electron chi connectivity index (χ2n) is 7.32. The second-order valence-corrected chi connectivity index (χ2v) is 8.59. The predicted molar refractivity (Wildman–Crippen MR) is 123 cm³/mol. The Morgan fingerprint density at radius 3 is 2.81 bits per heavy atom. The standard InChI is InChI=1S/C24H17ClFN3O2S/c1-14-24(30)29(12-16-17(25)5-4-6-18(16)26)21-11-15(8-9-22(21)31-14)20-13-32-23(28-20)19-7-2-3-10-27-19/h2-11,13-14H,12H2,1H3. The molecule has 2 aromatic carbocycles. The second kappa shape index (κ2) is 8.33. The van der Waals surface area contributed by atoms with Crippen LogP contribution in [0.15, 0.2) is 66.2 Å².